The first-order chi connectivity index (χ1) is 12.5. The van der Waals surface area contributed by atoms with E-state index in [0.29, 0.717) is 12.4 Å². The van der Waals surface area contributed by atoms with Gasteiger partial charge in [0.1, 0.15) is 5.82 Å². The lowest BCUT2D eigenvalue weighted by molar-refractivity contribution is 0.102. The molecule has 132 valence electrons. The minimum absolute atomic E-state index is 0.267. The summed E-state index contributed by atoms with van der Waals surface area (Å²) in [4.78, 5) is 12.4. The molecule has 0 aliphatic carbocycles. The van der Waals surface area contributed by atoms with Gasteiger partial charge in [0.25, 0.3) is 5.91 Å². The molecule has 5 nitrogen and oxygen atoms in total. The van der Waals surface area contributed by atoms with Crippen molar-refractivity contribution in [3.63, 3.8) is 0 Å². The summed E-state index contributed by atoms with van der Waals surface area (Å²) < 4.78 is 0. The van der Waals surface area contributed by atoms with Crippen molar-refractivity contribution in [2.75, 3.05) is 10.6 Å². The molecule has 1 aromatic heterocycles. The zero-order valence-electron chi connectivity index (χ0n) is 15.2. The number of hydrogen-bond acceptors (Lipinski definition) is 4. The maximum atomic E-state index is 12.4. The second-order valence-electron chi connectivity index (χ2n) is 6.42. The van der Waals surface area contributed by atoms with Crippen LogP contribution in [-0.4, -0.2) is 16.1 Å². The molecule has 0 fully saturated rings. The van der Waals surface area contributed by atoms with E-state index in [-0.39, 0.29) is 11.6 Å². The van der Waals surface area contributed by atoms with Gasteiger partial charge in [-0.05, 0) is 55.7 Å². The molecule has 0 saturated carbocycles. The van der Waals surface area contributed by atoms with Crippen LogP contribution in [0.5, 0.6) is 0 Å². The van der Waals surface area contributed by atoms with Crippen molar-refractivity contribution in [3.05, 3.63) is 82.5 Å². The molecule has 0 saturated heterocycles. The van der Waals surface area contributed by atoms with Crippen LogP contribution in [-0.2, 0) is 6.54 Å². The smallest absolute Gasteiger partial charge is 0.276 e. The van der Waals surface area contributed by atoms with Gasteiger partial charge < -0.3 is 10.6 Å². The van der Waals surface area contributed by atoms with Crippen LogP contribution in [0, 0.1) is 20.8 Å². The minimum Gasteiger partial charge on any atom is -0.365 e. The molecule has 2 N–H and O–H groups in total. The first-order valence-corrected chi connectivity index (χ1v) is 8.53. The Bertz CT molecular complexity index is 920. The Kier molecular flexibility index (Phi) is 5.27. The summed E-state index contributed by atoms with van der Waals surface area (Å²) in [6.07, 6.45) is 0. The Morgan fingerprint density at radius 2 is 1.73 bits per heavy atom. The number of nitrogens with zero attached hydrogens (tertiary/aromatic N) is 2. The number of anilines is 2. The van der Waals surface area contributed by atoms with Gasteiger partial charge in [-0.15, -0.1) is 10.2 Å². The van der Waals surface area contributed by atoms with E-state index in [1.165, 1.54) is 11.1 Å². The van der Waals surface area contributed by atoms with E-state index in [1.54, 1.807) is 12.1 Å². The van der Waals surface area contributed by atoms with E-state index in [9.17, 15) is 4.79 Å². The third-order valence-electron chi connectivity index (χ3n) is 4.09. The molecule has 0 aliphatic rings. The largest absolute Gasteiger partial charge is 0.365 e. The molecule has 0 bridgehead atoms. The quantitative estimate of drug-likeness (QED) is 0.724. The fraction of sp³-hybridized carbons (Fsp3) is 0.190. The molecule has 0 radical (unpaired) electrons. The molecular weight excluding hydrogens is 324 g/mol. The Morgan fingerprint density at radius 3 is 2.46 bits per heavy atom. The standard InChI is InChI=1S/C21H22N4O/c1-14-5-4-6-17(11-14)13-22-20-10-9-18(24-25-20)21(26)23-19-12-15(2)7-8-16(19)3/h4-12H,13H2,1-3H3,(H,22,25)(H,23,26). The van der Waals surface area contributed by atoms with Crippen LogP contribution >= 0.6 is 0 Å². The summed E-state index contributed by atoms with van der Waals surface area (Å²) in [7, 11) is 0. The van der Waals surface area contributed by atoms with Gasteiger partial charge >= 0.3 is 0 Å². The fourth-order valence-corrected chi connectivity index (χ4v) is 2.62. The predicted molar refractivity (Wildman–Crippen MR) is 104 cm³/mol. The van der Waals surface area contributed by atoms with Crippen LogP contribution < -0.4 is 10.6 Å². The van der Waals surface area contributed by atoms with E-state index < -0.39 is 0 Å². The Balaban J connectivity index is 1.63. The molecule has 1 amide bonds. The molecule has 2 aromatic carbocycles. The summed E-state index contributed by atoms with van der Waals surface area (Å²) in [6, 6.07) is 17.6. The van der Waals surface area contributed by atoms with Crippen LogP contribution in [0.3, 0.4) is 0 Å². The first-order valence-electron chi connectivity index (χ1n) is 8.53. The Hall–Kier alpha value is -3.21. The summed E-state index contributed by atoms with van der Waals surface area (Å²) in [5.41, 5.74) is 5.56. The van der Waals surface area contributed by atoms with Gasteiger partial charge in [0, 0.05) is 12.2 Å². The number of carbonyl (C=O) groups excluding carboxylic acids is 1. The van der Waals surface area contributed by atoms with E-state index in [4.69, 9.17) is 0 Å². The molecule has 3 aromatic rings. The highest BCUT2D eigenvalue weighted by Gasteiger charge is 2.10. The van der Waals surface area contributed by atoms with Crippen molar-refractivity contribution >= 4 is 17.4 Å². The number of hydrogen-bond donors (Lipinski definition) is 2. The summed E-state index contributed by atoms with van der Waals surface area (Å²) in [5, 5.41) is 14.2. The summed E-state index contributed by atoms with van der Waals surface area (Å²) in [6.45, 7) is 6.67. The van der Waals surface area contributed by atoms with Crippen molar-refractivity contribution in [2.45, 2.75) is 27.3 Å². The number of amides is 1. The molecule has 3 rings (SSSR count). The van der Waals surface area contributed by atoms with Gasteiger partial charge in [0.15, 0.2) is 5.69 Å². The number of aryl methyl sites for hydroxylation is 3. The highest BCUT2D eigenvalue weighted by molar-refractivity contribution is 6.03. The zero-order valence-corrected chi connectivity index (χ0v) is 15.2. The topological polar surface area (TPSA) is 66.9 Å². The zero-order chi connectivity index (χ0) is 18.5. The van der Waals surface area contributed by atoms with E-state index in [1.807, 2.05) is 38.1 Å². The van der Waals surface area contributed by atoms with E-state index in [0.717, 1.165) is 16.8 Å². The first kappa shape index (κ1) is 17.6. The van der Waals surface area contributed by atoms with Crippen molar-refractivity contribution in [1.82, 2.24) is 10.2 Å². The Labute approximate surface area is 153 Å². The summed E-state index contributed by atoms with van der Waals surface area (Å²) >= 11 is 0. The average molecular weight is 346 g/mol. The lowest BCUT2D eigenvalue weighted by Gasteiger charge is -2.09. The number of nitrogens with one attached hydrogen (secondary N) is 2. The van der Waals surface area contributed by atoms with Gasteiger partial charge in [0.05, 0.1) is 0 Å². The minimum atomic E-state index is -0.267. The van der Waals surface area contributed by atoms with Crippen molar-refractivity contribution < 1.29 is 4.79 Å². The number of carbonyl (C=O) groups is 1. The maximum absolute atomic E-state index is 12.4. The van der Waals surface area contributed by atoms with Gasteiger partial charge in [-0.25, -0.2) is 0 Å². The third kappa shape index (κ3) is 4.45. The van der Waals surface area contributed by atoms with E-state index >= 15 is 0 Å². The molecule has 5 heteroatoms. The molecule has 0 unspecified atom stereocenters. The molecule has 0 atom stereocenters. The van der Waals surface area contributed by atoms with Crippen molar-refractivity contribution in [2.24, 2.45) is 0 Å². The highest BCUT2D eigenvalue weighted by atomic mass is 16.1. The second-order valence-corrected chi connectivity index (χ2v) is 6.42. The monoisotopic (exact) mass is 346 g/mol. The van der Waals surface area contributed by atoms with Crippen LogP contribution in [0.4, 0.5) is 11.5 Å². The van der Waals surface area contributed by atoms with Gasteiger partial charge in [-0.3, -0.25) is 4.79 Å². The van der Waals surface area contributed by atoms with Crippen molar-refractivity contribution in [3.8, 4) is 0 Å². The van der Waals surface area contributed by atoms with Gasteiger partial charge in [0.2, 0.25) is 0 Å². The number of rotatable bonds is 5. The second kappa shape index (κ2) is 7.78. The average Bonchev–Trinajstić information content (AvgIpc) is 2.63. The van der Waals surface area contributed by atoms with Gasteiger partial charge in [-0.2, -0.15) is 0 Å². The van der Waals surface area contributed by atoms with Gasteiger partial charge in [-0.1, -0.05) is 42.0 Å². The molecule has 26 heavy (non-hydrogen) atoms. The normalized spacial score (nSPS) is 10.4. The SMILES string of the molecule is Cc1cccc(CNc2ccc(C(=O)Nc3cc(C)ccc3C)nn2)c1. The molecular formula is C21H22N4O. The lowest BCUT2D eigenvalue weighted by atomic mass is 10.1. The van der Waals surface area contributed by atoms with Crippen LogP contribution in [0.1, 0.15) is 32.7 Å². The number of benzene rings is 2. The molecule has 0 aliphatic heterocycles. The molecule has 1 heterocycles. The highest BCUT2D eigenvalue weighted by Crippen LogP contribution is 2.17. The van der Waals surface area contributed by atoms with Crippen molar-refractivity contribution in [1.29, 1.82) is 0 Å². The molecule has 0 spiro atoms. The maximum Gasteiger partial charge on any atom is 0.276 e. The van der Waals surface area contributed by atoms with Crippen LogP contribution in [0.15, 0.2) is 54.6 Å². The van der Waals surface area contributed by atoms with E-state index in [2.05, 4.69) is 46.0 Å². The predicted octanol–water partition coefficient (Wildman–Crippen LogP) is 4.27. The third-order valence-corrected chi connectivity index (χ3v) is 4.09. The van der Waals surface area contributed by atoms with Crippen LogP contribution in [0.2, 0.25) is 0 Å². The number of aromatic nitrogens is 2. The van der Waals surface area contributed by atoms with Crippen LogP contribution in [0.25, 0.3) is 0 Å². The fourth-order valence-electron chi connectivity index (χ4n) is 2.62. The lowest BCUT2D eigenvalue weighted by Crippen LogP contribution is -2.15. The summed E-state index contributed by atoms with van der Waals surface area (Å²) in [5.74, 6) is 0.367. The Morgan fingerprint density at radius 1 is 0.923 bits per heavy atom.